The van der Waals surface area contributed by atoms with Gasteiger partial charge >= 0.3 is 0 Å². The van der Waals surface area contributed by atoms with Crippen LogP contribution in [0.4, 0.5) is 17.8 Å². The van der Waals surface area contributed by atoms with Crippen molar-refractivity contribution in [1.82, 2.24) is 19.9 Å². The minimum Gasteiger partial charge on any atom is -0.357 e. The summed E-state index contributed by atoms with van der Waals surface area (Å²) in [7, 11) is 8.42. The van der Waals surface area contributed by atoms with Crippen LogP contribution in [0.2, 0.25) is 0 Å². The number of nitrogens with two attached hydrogens (primary N) is 1. The molecule has 224 valence electrons. The van der Waals surface area contributed by atoms with E-state index in [1.165, 1.54) is 24.0 Å². The van der Waals surface area contributed by atoms with Gasteiger partial charge in [-0.1, -0.05) is 87.4 Å². The summed E-state index contributed by atoms with van der Waals surface area (Å²) in [6.07, 6.45) is 8.63. The summed E-state index contributed by atoms with van der Waals surface area (Å²) >= 11 is 0. The molecule has 0 spiro atoms. The lowest BCUT2D eigenvalue weighted by Gasteiger charge is -2.53. The number of hydrogen-bond donors (Lipinski definition) is 3. The Balaban J connectivity index is 0.000000850. The molecule has 8 heteroatoms. The smallest absolute Gasteiger partial charge is 0.232 e. The van der Waals surface area contributed by atoms with E-state index in [1.807, 2.05) is 7.05 Å². The Bertz CT molecular complexity index is 1140. The maximum Gasteiger partial charge on any atom is 0.232 e. The van der Waals surface area contributed by atoms with Crippen LogP contribution in [-0.4, -0.2) is 61.1 Å². The van der Waals surface area contributed by atoms with E-state index in [0.29, 0.717) is 17.8 Å². The van der Waals surface area contributed by atoms with Gasteiger partial charge in [0.25, 0.3) is 0 Å². The van der Waals surface area contributed by atoms with Crippen LogP contribution in [0.1, 0.15) is 76.3 Å². The van der Waals surface area contributed by atoms with Gasteiger partial charge in [0.15, 0.2) is 0 Å². The lowest BCUT2D eigenvalue weighted by atomic mass is 9.66. The Kier molecular flexibility index (Phi) is 12.4. The zero-order valence-electron chi connectivity index (χ0n) is 26.2. The molecule has 1 saturated carbocycles. The molecule has 4 rings (SSSR count). The fraction of sp³-hybridized carbons (Fsp3) is 0.545. The van der Waals surface area contributed by atoms with Crippen LogP contribution in [0.5, 0.6) is 0 Å². The van der Waals surface area contributed by atoms with Gasteiger partial charge in [-0.25, -0.2) is 0 Å². The predicted molar refractivity (Wildman–Crippen MR) is 174 cm³/mol. The van der Waals surface area contributed by atoms with Crippen molar-refractivity contribution < 1.29 is 0 Å². The molecule has 1 heterocycles. The fourth-order valence-electron chi connectivity index (χ4n) is 5.86. The molecule has 0 saturated heterocycles. The number of unbranched alkanes of at least 4 members (excludes halogenated alkanes) is 2. The van der Waals surface area contributed by atoms with Crippen LogP contribution in [0.3, 0.4) is 0 Å². The quantitative estimate of drug-likeness (QED) is 0.224. The molecule has 0 atom stereocenters. The molecule has 41 heavy (non-hydrogen) atoms. The number of anilines is 3. The first-order valence-corrected chi connectivity index (χ1v) is 15.3. The second kappa shape index (κ2) is 15.7. The number of rotatable bonds is 12. The zero-order chi connectivity index (χ0) is 29.7. The third-order valence-electron chi connectivity index (χ3n) is 8.54. The summed E-state index contributed by atoms with van der Waals surface area (Å²) in [5, 5.41) is 6.51. The van der Waals surface area contributed by atoms with Crippen molar-refractivity contribution in [3.05, 3.63) is 71.8 Å². The van der Waals surface area contributed by atoms with E-state index in [9.17, 15) is 0 Å². The summed E-state index contributed by atoms with van der Waals surface area (Å²) in [5.74, 6) is 1.89. The monoisotopic (exact) mass is 560 g/mol. The fourth-order valence-corrected chi connectivity index (χ4v) is 5.86. The highest BCUT2D eigenvalue weighted by Crippen LogP contribution is 2.51. The number of hydrogen-bond acceptors (Lipinski definition) is 8. The van der Waals surface area contributed by atoms with Crippen molar-refractivity contribution in [3.63, 3.8) is 0 Å². The molecule has 1 aliphatic carbocycles. The van der Waals surface area contributed by atoms with E-state index in [1.54, 1.807) is 0 Å². The van der Waals surface area contributed by atoms with Gasteiger partial charge in [0, 0.05) is 26.2 Å². The molecule has 1 fully saturated rings. The van der Waals surface area contributed by atoms with E-state index >= 15 is 0 Å². The third kappa shape index (κ3) is 7.74. The maximum atomic E-state index is 5.14. The SMILES string of the molecule is CCCCN.CCCCNc1nc(NC)nc(N(C)C2(c3ccccc3)CCC(c3ccccc3)(N(C)C)CC2)n1. The van der Waals surface area contributed by atoms with E-state index in [4.69, 9.17) is 15.7 Å². The molecule has 3 aromatic rings. The largest absolute Gasteiger partial charge is 0.357 e. The average molecular weight is 561 g/mol. The summed E-state index contributed by atoms with van der Waals surface area (Å²) in [4.78, 5) is 18.9. The predicted octanol–water partition coefficient (Wildman–Crippen LogP) is 6.23. The van der Waals surface area contributed by atoms with E-state index in [0.717, 1.165) is 51.6 Å². The van der Waals surface area contributed by atoms with E-state index in [2.05, 4.69) is 121 Å². The van der Waals surface area contributed by atoms with Crippen molar-refractivity contribution in [2.75, 3.05) is 56.8 Å². The van der Waals surface area contributed by atoms with Gasteiger partial charge in [0.2, 0.25) is 17.8 Å². The average Bonchev–Trinajstić information content (AvgIpc) is 3.02. The summed E-state index contributed by atoms with van der Waals surface area (Å²) < 4.78 is 0. The lowest BCUT2D eigenvalue weighted by Crippen LogP contribution is -2.54. The standard InChI is InChI=1S/C29H41N7.C4H11N/c1-6-7-22-31-26-32-25(30-2)33-27(34-26)36(5)29(24-16-12-9-13-17-24)20-18-28(19-21-29,35(3)4)23-14-10-8-11-15-23;1-2-3-4-5/h8-17H,6-7,18-22H2,1-5H3,(H2,30,31,32,33,34);2-5H2,1H3. The van der Waals surface area contributed by atoms with E-state index in [-0.39, 0.29) is 11.1 Å². The van der Waals surface area contributed by atoms with Crippen LogP contribution in [0.25, 0.3) is 0 Å². The maximum absolute atomic E-state index is 5.14. The lowest BCUT2D eigenvalue weighted by molar-refractivity contribution is 0.0642. The molecular weight excluding hydrogens is 508 g/mol. The molecule has 0 amide bonds. The second-order valence-electron chi connectivity index (χ2n) is 11.2. The molecular formula is C33H52N8. The van der Waals surface area contributed by atoms with Crippen molar-refractivity contribution in [2.45, 2.75) is 76.3 Å². The highest BCUT2D eigenvalue weighted by Gasteiger charge is 2.48. The Morgan fingerprint density at radius 2 is 1.24 bits per heavy atom. The van der Waals surface area contributed by atoms with Gasteiger partial charge in [-0.05, 0) is 70.3 Å². The van der Waals surface area contributed by atoms with Gasteiger partial charge in [-0.3, -0.25) is 4.90 Å². The van der Waals surface area contributed by atoms with Gasteiger partial charge in [0.05, 0.1) is 5.54 Å². The first kappa shape index (κ1) is 32.3. The van der Waals surface area contributed by atoms with Crippen LogP contribution >= 0.6 is 0 Å². The molecule has 0 unspecified atom stereocenters. The van der Waals surface area contributed by atoms with Gasteiger partial charge in [-0.2, -0.15) is 15.0 Å². The van der Waals surface area contributed by atoms with Crippen molar-refractivity contribution in [1.29, 1.82) is 0 Å². The highest BCUT2D eigenvalue weighted by atomic mass is 15.3. The Labute approximate surface area is 248 Å². The number of aromatic nitrogens is 3. The zero-order valence-corrected chi connectivity index (χ0v) is 26.2. The first-order valence-electron chi connectivity index (χ1n) is 15.3. The Hall–Kier alpha value is -3.23. The molecule has 8 nitrogen and oxygen atoms in total. The Morgan fingerprint density at radius 1 is 0.732 bits per heavy atom. The molecule has 1 aliphatic rings. The van der Waals surface area contributed by atoms with Crippen molar-refractivity contribution in [2.24, 2.45) is 5.73 Å². The molecule has 0 bridgehead atoms. The molecule has 0 radical (unpaired) electrons. The minimum atomic E-state index is -0.220. The topological polar surface area (TPSA) is 95.2 Å². The van der Waals surface area contributed by atoms with Crippen molar-refractivity contribution >= 4 is 17.8 Å². The van der Waals surface area contributed by atoms with E-state index < -0.39 is 0 Å². The summed E-state index contributed by atoms with van der Waals surface area (Å²) in [6, 6.07) is 21.8. The molecule has 4 N–H and O–H groups in total. The van der Waals surface area contributed by atoms with Crippen LogP contribution in [-0.2, 0) is 11.1 Å². The number of benzene rings is 2. The first-order chi connectivity index (χ1) is 19.9. The Morgan fingerprint density at radius 3 is 1.71 bits per heavy atom. The van der Waals surface area contributed by atoms with Gasteiger partial charge in [0.1, 0.15) is 0 Å². The summed E-state index contributed by atoms with van der Waals surface area (Å²) in [5.41, 5.74) is 7.62. The molecule has 2 aromatic carbocycles. The second-order valence-corrected chi connectivity index (χ2v) is 11.2. The number of nitrogens with zero attached hydrogens (tertiary/aromatic N) is 5. The van der Waals surface area contributed by atoms with Gasteiger partial charge < -0.3 is 21.3 Å². The van der Waals surface area contributed by atoms with Crippen LogP contribution in [0, 0.1) is 0 Å². The molecule has 0 aliphatic heterocycles. The number of nitrogens with one attached hydrogen (secondary N) is 2. The van der Waals surface area contributed by atoms with Crippen LogP contribution < -0.4 is 21.3 Å². The molecule has 1 aromatic heterocycles. The van der Waals surface area contributed by atoms with Gasteiger partial charge in [-0.15, -0.1) is 0 Å². The minimum absolute atomic E-state index is 0.00246. The van der Waals surface area contributed by atoms with Crippen molar-refractivity contribution in [3.8, 4) is 0 Å². The third-order valence-corrected chi connectivity index (χ3v) is 8.54. The van der Waals surface area contributed by atoms with Crippen LogP contribution in [0.15, 0.2) is 60.7 Å². The normalized spacial score (nSPS) is 20.2. The highest BCUT2D eigenvalue weighted by molar-refractivity contribution is 5.48. The summed E-state index contributed by atoms with van der Waals surface area (Å²) in [6.45, 7) is 6.01.